The molecule has 1 atom stereocenters. The van der Waals surface area contributed by atoms with Crippen LogP contribution >= 0.6 is 0 Å². The molecule has 0 aromatic rings. The lowest BCUT2D eigenvalue weighted by atomic mass is 9.69. The number of carbonyl (C=O) groups is 1. The van der Waals surface area contributed by atoms with E-state index in [-0.39, 0.29) is 5.41 Å². The molecule has 0 aromatic heterocycles. The van der Waals surface area contributed by atoms with Crippen LogP contribution in [0.3, 0.4) is 0 Å². The van der Waals surface area contributed by atoms with Crippen molar-refractivity contribution in [2.75, 3.05) is 0 Å². The molecule has 0 aromatic carbocycles. The molecule has 1 rings (SSSR count). The van der Waals surface area contributed by atoms with E-state index in [2.05, 4.69) is 20.1 Å². The summed E-state index contributed by atoms with van der Waals surface area (Å²) >= 11 is 0. The van der Waals surface area contributed by atoms with Crippen molar-refractivity contribution in [2.24, 2.45) is 5.41 Å². The van der Waals surface area contributed by atoms with Crippen LogP contribution in [0.1, 0.15) is 39.0 Å². The fraction of sp³-hybridized carbons (Fsp3) is 0.583. The normalized spacial score (nSPS) is 27.4. The predicted octanol–water partition coefficient (Wildman–Crippen LogP) is 3.15. The van der Waals surface area contributed by atoms with Crippen LogP contribution in [-0.2, 0) is 4.79 Å². The van der Waals surface area contributed by atoms with Crippen LogP contribution in [-0.4, -0.2) is 11.1 Å². The SMILES string of the molecule is C=C(CC1(C)CCCCC1=C)C(=O)O. The zero-order chi connectivity index (χ0) is 10.8. The third kappa shape index (κ3) is 2.25. The molecule has 78 valence electrons. The standard InChI is InChI=1S/C12H18O2/c1-9(11(13)14)8-12(3)7-5-4-6-10(12)2/h1-2,4-8H2,3H3,(H,13,14). The molecule has 0 saturated heterocycles. The van der Waals surface area contributed by atoms with Crippen LogP contribution in [0.2, 0.25) is 0 Å². The summed E-state index contributed by atoms with van der Waals surface area (Å²) in [7, 11) is 0. The molecule has 0 spiro atoms. The lowest BCUT2D eigenvalue weighted by Gasteiger charge is -2.36. The van der Waals surface area contributed by atoms with Crippen molar-refractivity contribution >= 4 is 5.97 Å². The maximum Gasteiger partial charge on any atom is 0.330 e. The van der Waals surface area contributed by atoms with Crippen LogP contribution in [0.5, 0.6) is 0 Å². The molecule has 2 heteroatoms. The van der Waals surface area contributed by atoms with Crippen molar-refractivity contribution < 1.29 is 9.90 Å². The van der Waals surface area contributed by atoms with Crippen LogP contribution in [0.25, 0.3) is 0 Å². The first-order valence-electron chi connectivity index (χ1n) is 5.05. The van der Waals surface area contributed by atoms with Crippen LogP contribution < -0.4 is 0 Å². The molecule has 1 N–H and O–H groups in total. The lowest BCUT2D eigenvalue weighted by molar-refractivity contribution is -0.133. The van der Waals surface area contributed by atoms with E-state index in [0.717, 1.165) is 12.8 Å². The van der Waals surface area contributed by atoms with Crippen molar-refractivity contribution in [3.63, 3.8) is 0 Å². The summed E-state index contributed by atoms with van der Waals surface area (Å²) in [5, 5.41) is 8.78. The molecule has 0 heterocycles. The van der Waals surface area contributed by atoms with Gasteiger partial charge in [-0.15, -0.1) is 0 Å². The highest BCUT2D eigenvalue weighted by Gasteiger charge is 2.31. The Hall–Kier alpha value is -1.05. The molecule has 0 aliphatic heterocycles. The number of rotatable bonds is 3. The van der Waals surface area contributed by atoms with E-state index < -0.39 is 5.97 Å². The molecular weight excluding hydrogens is 176 g/mol. The fourth-order valence-corrected chi connectivity index (χ4v) is 2.09. The van der Waals surface area contributed by atoms with Gasteiger partial charge in [0, 0.05) is 5.57 Å². The van der Waals surface area contributed by atoms with Gasteiger partial charge in [0.15, 0.2) is 0 Å². The molecule has 1 fully saturated rings. The van der Waals surface area contributed by atoms with Gasteiger partial charge in [0.05, 0.1) is 0 Å². The molecule has 1 unspecified atom stereocenters. The van der Waals surface area contributed by atoms with E-state index in [1.54, 1.807) is 0 Å². The molecule has 1 aliphatic carbocycles. The van der Waals surface area contributed by atoms with Crippen molar-refractivity contribution in [1.82, 2.24) is 0 Å². The number of carboxylic acids is 1. The Morgan fingerprint density at radius 2 is 2.21 bits per heavy atom. The van der Waals surface area contributed by atoms with Crippen LogP contribution in [0, 0.1) is 5.41 Å². The van der Waals surface area contributed by atoms with Crippen molar-refractivity contribution in [1.29, 1.82) is 0 Å². The van der Waals surface area contributed by atoms with Crippen LogP contribution in [0.4, 0.5) is 0 Å². The average Bonchev–Trinajstić information content (AvgIpc) is 2.10. The molecule has 0 amide bonds. The number of hydrogen-bond donors (Lipinski definition) is 1. The molecule has 0 radical (unpaired) electrons. The fourth-order valence-electron chi connectivity index (χ4n) is 2.09. The minimum Gasteiger partial charge on any atom is -0.478 e. The maximum atomic E-state index is 10.7. The Labute approximate surface area is 85.3 Å². The zero-order valence-corrected chi connectivity index (χ0v) is 8.81. The lowest BCUT2D eigenvalue weighted by Crippen LogP contribution is -2.24. The van der Waals surface area contributed by atoms with Gasteiger partial charge in [-0.25, -0.2) is 4.79 Å². The Morgan fingerprint density at radius 3 is 2.71 bits per heavy atom. The summed E-state index contributed by atoms with van der Waals surface area (Å²) < 4.78 is 0. The monoisotopic (exact) mass is 194 g/mol. The minimum absolute atomic E-state index is 0.0340. The second-order valence-corrected chi connectivity index (χ2v) is 4.46. The van der Waals surface area contributed by atoms with Crippen molar-refractivity contribution in [3.05, 3.63) is 24.3 Å². The minimum atomic E-state index is -0.885. The van der Waals surface area contributed by atoms with E-state index in [1.165, 1.54) is 18.4 Å². The van der Waals surface area contributed by atoms with E-state index in [0.29, 0.717) is 12.0 Å². The van der Waals surface area contributed by atoms with Gasteiger partial charge < -0.3 is 5.11 Å². The van der Waals surface area contributed by atoms with E-state index >= 15 is 0 Å². The van der Waals surface area contributed by atoms with Gasteiger partial charge in [-0.3, -0.25) is 0 Å². The highest BCUT2D eigenvalue weighted by molar-refractivity contribution is 5.85. The van der Waals surface area contributed by atoms with E-state index in [4.69, 9.17) is 5.11 Å². The van der Waals surface area contributed by atoms with E-state index in [1.807, 2.05) is 0 Å². The first kappa shape index (κ1) is 11.0. The summed E-state index contributed by atoms with van der Waals surface area (Å²) in [6, 6.07) is 0. The van der Waals surface area contributed by atoms with Gasteiger partial charge in [-0.05, 0) is 31.1 Å². The Morgan fingerprint density at radius 1 is 1.57 bits per heavy atom. The predicted molar refractivity (Wildman–Crippen MR) is 57.1 cm³/mol. The zero-order valence-electron chi connectivity index (χ0n) is 8.81. The third-order valence-electron chi connectivity index (χ3n) is 3.22. The molecule has 1 saturated carbocycles. The van der Waals surface area contributed by atoms with Crippen LogP contribution in [0.15, 0.2) is 24.3 Å². The third-order valence-corrected chi connectivity index (χ3v) is 3.22. The first-order valence-corrected chi connectivity index (χ1v) is 5.05. The van der Waals surface area contributed by atoms with E-state index in [9.17, 15) is 4.79 Å². The highest BCUT2D eigenvalue weighted by Crippen LogP contribution is 2.43. The molecule has 2 nitrogen and oxygen atoms in total. The second kappa shape index (κ2) is 3.99. The summed E-state index contributed by atoms with van der Waals surface area (Å²) in [5.74, 6) is -0.885. The summed E-state index contributed by atoms with van der Waals surface area (Å²) in [5.41, 5.74) is 1.45. The Balaban J connectivity index is 2.69. The quantitative estimate of drug-likeness (QED) is 0.553. The van der Waals surface area contributed by atoms with Gasteiger partial charge in [-0.2, -0.15) is 0 Å². The topological polar surface area (TPSA) is 37.3 Å². The van der Waals surface area contributed by atoms with Gasteiger partial charge >= 0.3 is 5.97 Å². The molecule has 1 aliphatic rings. The van der Waals surface area contributed by atoms with Crippen molar-refractivity contribution in [2.45, 2.75) is 39.0 Å². The Bertz CT molecular complexity index is 278. The number of hydrogen-bond acceptors (Lipinski definition) is 1. The molecular formula is C12H18O2. The second-order valence-electron chi connectivity index (χ2n) is 4.46. The number of aliphatic carboxylic acids is 1. The highest BCUT2D eigenvalue weighted by atomic mass is 16.4. The maximum absolute atomic E-state index is 10.7. The summed E-state index contributed by atoms with van der Waals surface area (Å²) in [4.78, 5) is 10.7. The first-order chi connectivity index (χ1) is 6.46. The molecule has 14 heavy (non-hydrogen) atoms. The summed E-state index contributed by atoms with van der Waals surface area (Å²) in [6.07, 6.45) is 4.97. The number of allylic oxidation sites excluding steroid dienone is 1. The van der Waals surface area contributed by atoms with Gasteiger partial charge in [0.25, 0.3) is 0 Å². The summed E-state index contributed by atoms with van der Waals surface area (Å²) in [6.45, 7) is 9.73. The average molecular weight is 194 g/mol. The van der Waals surface area contributed by atoms with Gasteiger partial charge in [0.2, 0.25) is 0 Å². The van der Waals surface area contributed by atoms with Gasteiger partial charge in [0.1, 0.15) is 0 Å². The number of carboxylic acid groups (broad SMARTS) is 1. The van der Waals surface area contributed by atoms with Gasteiger partial charge in [-0.1, -0.05) is 32.1 Å². The molecule has 0 bridgehead atoms. The smallest absolute Gasteiger partial charge is 0.330 e. The Kier molecular flexibility index (Phi) is 3.14. The largest absolute Gasteiger partial charge is 0.478 e. The van der Waals surface area contributed by atoms with Crippen molar-refractivity contribution in [3.8, 4) is 0 Å².